The van der Waals surface area contributed by atoms with Crippen LogP contribution in [0, 0.1) is 6.92 Å². The molecule has 1 atom stereocenters. The van der Waals surface area contributed by atoms with Crippen molar-refractivity contribution in [1.82, 2.24) is 15.2 Å². The lowest BCUT2D eigenvalue weighted by Crippen LogP contribution is -2.51. The Morgan fingerprint density at radius 2 is 1.73 bits per heavy atom. The molecule has 1 aliphatic rings. The number of urea groups is 1. The smallest absolute Gasteiger partial charge is 0.319 e. The fourth-order valence-corrected chi connectivity index (χ4v) is 4.59. The van der Waals surface area contributed by atoms with E-state index in [0.717, 1.165) is 42.9 Å². The third-order valence-electron chi connectivity index (χ3n) is 5.91. The summed E-state index contributed by atoms with van der Waals surface area (Å²) in [5.41, 5.74) is 3.87. The van der Waals surface area contributed by atoms with Crippen LogP contribution in [0.4, 0.5) is 15.6 Å². The van der Waals surface area contributed by atoms with Gasteiger partial charge in [0.2, 0.25) is 5.91 Å². The largest absolute Gasteiger partial charge is 0.335 e. The summed E-state index contributed by atoms with van der Waals surface area (Å²) < 4.78 is 0. The van der Waals surface area contributed by atoms with Gasteiger partial charge in [0, 0.05) is 35.8 Å². The van der Waals surface area contributed by atoms with E-state index >= 15 is 0 Å². The van der Waals surface area contributed by atoms with Gasteiger partial charge in [-0.1, -0.05) is 48.0 Å². The molecule has 1 fully saturated rings. The maximum Gasteiger partial charge on any atom is 0.319 e. The molecule has 2 heterocycles. The molecule has 8 heteroatoms. The number of thiazole rings is 1. The van der Waals surface area contributed by atoms with E-state index in [1.807, 2.05) is 54.8 Å². The van der Waals surface area contributed by atoms with Crippen molar-refractivity contribution in [2.75, 3.05) is 23.7 Å². The maximum absolute atomic E-state index is 12.8. The summed E-state index contributed by atoms with van der Waals surface area (Å²) in [6.45, 7) is 5.46. The molecule has 3 amide bonds. The number of piperidine rings is 1. The van der Waals surface area contributed by atoms with E-state index in [2.05, 4.69) is 44.9 Å². The Hall–Kier alpha value is -3.23. The summed E-state index contributed by atoms with van der Waals surface area (Å²) >= 11 is 1.43. The third kappa shape index (κ3) is 6.18. The third-order valence-corrected chi connectivity index (χ3v) is 6.66. The monoisotopic (exact) mass is 463 g/mol. The van der Waals surface area contributed by atoms with Gasteiger partial charge in [0.05, 0.1) is 11.7 Å². The highest BCUT2D eigenvalue weighted by Crippen LogP contribution is 2.25. The van der Waals surface area contributed by atoms with Gasteiger partial charge >= 0.3 is 6.03 Å². The molecule has 1 aromatic heterocycles. The Labute approximate surface area is 198 Å². The van der Waals surface area contributed by atoms with Crippen LogP contribution >= 0.6 is 11.3 Å². The number of hydrogen-bond donors (Lipinski definition) is 3. The van der Waals surface area contributed by atoms with Crippen LogP contribution in [0.1, 0.15) is 25.3 Å². The van der Waals surface area contributed by atoms with Gasteiger partial charge in [-0.2, -0.15) is 0 Å². The van der Waals surface area contributed by atoms with Crippen molar-refractivity contribution in [1.29, 1.82) is 0 Å². The molecule has 1 aliphatic heterocycles. The van der Waals surface area contributed by atoms with E-state index < -0.39 is 0 Å². The Kier molecular flexibility index (Phi) is 7.36. The average molecular weight is 464 g/mol. The average Bonchev–Trinajstić information content (AvgIpc) is 3.28. The lowest BCUT2D eigenvalue weighted by Gasteiger charge is -2.35. The van der Waals surface area contributed by atoms with Crippen molar-refractivity contribution >= 4 is 34.1 Å². The molecular formula is C25H29N5O2S. The van der Waals surface area contributed by atoms with Gasteiger partial charge in [-0.05, 0) is 38.8 Å². The normalized spacial score (nSPS) is 15.6. The van der Waals surface area contributed by atoms with Crippen molar-refractivity contribution in [2.45, 2.75) is 38.8 Å². The number of para-hydroxylation sites is 1. The van der Waals surface area contributed by atoms with Crippen molar-refractivity contribution < 1.29 is 9.59 Å². The maximum atomic E-state index is 12.8. The molecule has 0 aliphatic carbocycles. The molecule has 172 valence electrons. The summed E-state index contributed by atoms with van der Waals surface area (Å²) in [5, 5.41) is 11.4. The van der Waals surface area contributed by atoms with Crippen LogP contribution in [-0.2, 0) is 4.79 Å². The SMILES string of the molecule is Cc1ccc(-c2csc(NC(=O)C(C)N3CCC(NC(=O)Nc4ccccc4)CC3)n2)cc1. The molecule has 2 aromatic carbocycles. The second-order valence-electron chi connectivity index (χ2n) is 8.34. The van der Waals surface area contributed by atoms with Crippen LogP contribution < -0.4 is 16.0 Å². The topological polar surface area (TPSA) is 86.4 Å². The van der Waals surface area contributed by atoms with Crippen molar-refractivity contribution in [2.24, 2.45) is 0 Å². The Morgan fingerprint density at radius 3 is 2.42 bits per heavy atom. The van der Waals surface area contributed by atoms with E-state index in [0.29, 0.717) is 5.13 Å². The highest BCUT2D eigenvalue weighted by Gasteiger charge is 2.27. The number of aryl methyl sites for hydroxylation is 1. The van der Waals surface area contributed by atoms with E-state index in [1.165, 1.54) is 16.9 Å². The van der Waals surface area contributed by atoms with Crippen LogP contribution in [-0.4, -0.2) is 47.0 Å². The molecule has 0 radical (unpaired) electrons. The van der Waals surface area contributed by atoms with Gasteiger partial charge in [0.15, 0.2) is 5.13 Å². The van der Waals surface area contributed by atoms with E-state index in [1.54, 1.807) is 0 Å². The lowest BCUT2D eigenvalue weighted by molar-refractivity contribution is -0.121. The Balaban J connectivity index is 1.24. The summed E-state index contributed by atoms with van der Waals surface area (Å²) in [5.74, 6) is -0.0620. The zero-order valence-corrected chi connectivity index (χ0v) is 19.7. The second kappa shape index (κ2) is 10.6. The molecule has 1 unspecified atom stereocenters. The Bertz CT molecular complexity index is 1080. The molecule has 7 nitrogen and oxygen atoms in total. The van der Waals surface area contributed by atoms with Gasteiger partial charge < -0.3 is 16.0 Å². The van der Waals surface area contributed by atoms with Gasteiger partial charge in [0.1, 0.15) is 0 Å². The minimum atomic E-state index is -0.268. The summed E-state index contributed by atoms with van der Waals surface area (Å²) in [6, 6.07) is 17.2. The van der Waals surface area contributed by atoms with E-state index in [-0.39, 0.29) is 24.0 Å². The fourth-order valence-electron chi connectivity index (χ4n) is 3.87. The molecule has 0 saturated carbocycles. The van der Waals surface area contributed by atoms with Crippen molar-refractivity contribution in [3.63, 3.8) is 0 Å². The van der Waals surface area contributed by atoms with Gasteiger partial charge in [0.25, 0.3) is 0 Å². The first-order valence-corrected chi connectivity index (χ1v) is 12.1. The number of nitrogens with one attached hydrogen (secondary N) is 3. The predicted octanol–water partition coefficient (Wildman–Crippen LogP) is 4.73. The summed E-state index contributed by atoms with van der Waals surface area (Å²) in [4.78, 5) is 31.7. The summed E-state index contributed by atoms with van der Waals surface area (Å²) in [6.07, 6.45) is 1.60. The lowest BCUT2D eigenvalue weighted by atomic mass is 10.0. The highest BCUT2D eigenvalue weighted by atomic mass is 32.1. The van der Waals surface area contributed by atoms with Crippen LogP contribution in [0.15, 0.2) is 60.0 Å². The van der Waals surface area contributed by atoms with Crippen LogP contribution in [0.5, 0.6) is 0 Å². The predicted molar refractivity (Wildman–Crippen MR) is 134 cm³/mol. The quantitative estimate of drug-likeness (QED) is 0.493. The van der Waals surface area contributed by atoms with Crippen LogP contribution in [0.2, 0.25) is 0 Å². The number of hydrogen-bond acceptors (Lipinski definition) is 5. The highest BCUT2D eigenvalue weighted by molar-refractivity contribution is 7.14. The molecule has 0 spiro atoms. The number of aromatic nitrogens is 1. The molecule has 1 saturated heterocycles. The number of amides is 3. The van der Waals surface area contributed by atoms with E-state index in [4.69, 9.17) is 0 Å². The number of nitrogens with zero attached hydrogens (tertiary/aromatic N) is 2. The van der Waals surface area contributed by atoms with Gasteiger partial charge in [-0.25, -0.2) is 9.78 Å². The number of carbonyl (C=O) groups is 2. The number of anilines is 2. The van der Waals surface area contributed by atoms with Crippen LogP contribution in [0.3, 0.4) is 0 Å². The number of carbonyl (C=O) groups excluding carboxylic acids is 2. The van der Waals surface area contributed by atoms with E-state index in [9.17, 15) is 9.59 Å². The second-order valence-corrected chi connectivity index (χ2v) is 9.20. The first kappa shape index (κ1) is 22.9. The molecule has 0 bridgehead atoms. The van der Waals surface area contributed by atoms with Gasteiger partial charge in [-0.15, -0.1) is 11.3 Å². The van der Waals surface area contributed by atoms with Crippen molar-refractivity contribution in [3.8, 4) is 11.3 Å². The first-order valence-electron chi connectivity index (χ1n) is 11.2. The van der Waals surface area contributed by atoms with Gasteiger partial charge in [-0.3, -0.25) is 9.69 Å². The number of benzene rings is 2. The molecule has 3 N–H and O–H groups in total. The zero-order chi connectivity index (χ0) is 23.2. The number of rotatable bonds is 6. The minimum Gasteiger partial charge on any atom is -0.335 e. The Morgan fingerprint density at radius 1 is 1.03 bits per heavy atom. The molecule has 3 aromatic rings. The number of likely N-dealkylation sites (tertiary alicyclic amines) is 1. The standard InChI is InChI=1S/C25H29N5O2S/c1-17-8-10-19(11-9-17)22-16-33-25(28-22)29-23(31)18(2)30-14-12-21(13-15-30)27-24(32)26-20-6-4-3-5-7-20/h3-11,16,18,21H,12-15H2,1-2H3,(H2,26,27,32)(H,28,29,31). The van der Waals surface area contributed by atoms with Crippen LogP contribution in [0.25, 0.3) is 11.3 Å². The zero-order valence-electron chi connectivity index (χ0n) is 18.9. The summed E-state index contributed by atoms with van der Waals surface area (Å²) in [7, 11) is 0. The molecule has 4 rings (SSSR count). The van der Waals surface area contributed by atoms with Crippen molar-refractivity contribution in [3.05, 3.63) is 65.5 Å². The fraction of sp³-hybridized carbons (Fsp3) is 0.320. The minimum absolute atomic E-state index is 0.0620. The molecule has 33 heavy (non-hydrogen) atoms. The molecular weight excluding hydrogens is 434 g/mol. The first-order chi connectivity index (χ1) is 16.0.